The van der Waals surface area contributed by atoms with Crippen LogP contribution in [0.3, 0.4) is 0 Å². The Balaban J connectivity index is 2.54. The van der Waals surface area contributed by atoms with Crippen molar-refractivity contribution in [3.8, 4) is 6.07 Å². The second-order valence-corrected chi connectivity index (χ2v) is 4.04. The van der Waals surface area contributed by atoms with E-state index in [2.05, 4.69) is 25.1 Å². The minimum absolute atomic E-state index is 0.160. The van der Waals surface area contributed by atoms with Crippen LogP contribution in [0, 0.1) is 17.2 Å². The van der Waals surface area contributed by atoms with Crippen molar-refractivity contribution in [2.75, 3.05) is 0 Å². The van der Waals surface area contributed by atoms with E-state index in [-0.39, 0.29) is 5.92 Å². The van der Waals surface area contributed by atoms with Gasteiger partial charge < -0.3 is 0 Å². The molecule has 0 N–H and O–H groups in total. The number of hydrogen-bond acceptors (Lipinski definition) is 1. The molecule has 1 aliphatic carbocycles. The minimum atomic E-state index is 0.160. The Kier molecular flexibility index (Phi) is 6.03. The van der Waals surface area contributed by atoms with Crippen molar-refractivity contribution in [2.24, 2.45) is 5.92 Å². The minimum Gasteiger partial charge on any atom is -0.198 e. The van der Waals surface area contributed by atoms with Crippen molar-refractivity contribution in [1.82, 2.24) is 0 Å². The van der Waals surface area contributed by atoms with Gasteiger partial charge in [-0.05, 0) is 18.4 Å². The predicted octanol–water partition coefficient (Wildman–Crippen LogP) is 4.32. The molecule has 0 spiro atoms. The fourth-order valence-electron chi connectivity index (χ4n) is 1.69. The van der Waals surface area contributed by atoms with E-state index in [1.165, 1.54) is 5.57 Å². The fourth-order valence-corrected chi connectivity index (χ4v) is 1.69. The SMILES string of the molecule is CCCCC(C#N)CC1=CC=CC=CC=C1. The number of unbranched alkanes of at least 4 members (excludes halogenated alkanes) is 1. The van der Waals surface area contributed by atoms with Crippen LogP contribution in [-0.4, -0.2) is 0 Å². The van der Waals surface area contributed by atoms with Gasteiger partial charge in [-0.25, -0.2) is 0 Å². The Morgan fingerprint density at radius 2 is 1.94 bits per heavy atom. The molecule has 1 atom stereocenters. The summed E-state index contributed by atoms with van der Waals surface area (Å²) >= 11 is 0. The molecule has 0 radical (unpaired) electrons. The van der Waals surface area contributed by atoms with Crippen molar-refractivity contribution >= 4 is 0 Å². The summed E-state index contributed by atoms with van der Waals surface area (Å²) in [6.45, 7) is 2.16. The van der Waals surface area contributed by atoms with Gasteiger partial charge in [0.15, 0.2) is 0 Å². The standard InChI is InChI=1S/C15H19N/c1-2-3-9-15(13-16)12-14-10-7-5-4-6-8-11-14/h4-8,10-11,15H,2-3,9,12H2,1H3. The number of allylic oxidation sites excluding steroid dienone is 8. The van der Waals surface area contributed by atoms with Gasteiger partial charge in [-0.2, -0.15) is 5.26 Å². The Morgan fingerprint density at radius 3 is 2.69 bits per heavy atom. The van der Waals surface area contributed by atoms with E-state index >= 15 is 0 Å². The summed E-state index contributed by atoms with van der Waals surface area (Å²) in [6, 6.07) is 2.40. The maximum atomic E-state index is 9.08. The highest BCUT2D eigenvalue weighted by molar-refractivity contribution is 5.31. The van der Waals surface area contributed by atoms with Gasteiger partial charge in [-0.1, -0.05) is 62.3 Å². The Morgan fingerprint density at radius 1 is 1.19 bits per heavy atom. The molecule has 1 heteroatoms. The van der Waals surface area contributed by atoms with Gasteiger partial charge >= 0.3 is 0 Å². The van der Waals surface area contributed by atoms with Gasteiger partial charge in [0.1, 0.15) is 0 Å². The van der Waals surface area contributed by atoms with Crippen molar-refractivity contribution in [3.63, 3.8) is 0 Å². The Labute approximate surface area is 98.5 Å². The molecule has 0 amide bonds. The molecule has 1 rings (SSSR count). The average Bonchev–Trinajstić information content (AvgIpc) is 2.26. The van der Waals surface area contributed by atoms with E-state index in [0.717, 1.165) is 25.7 Å². The second-order valence-electron chi connectivity index (χ2n) is 4.04. The Hall–Kier alpha value is -1.55. The van der Waals surface area contributed by atoms with E-state index in [1.807, 2.05) is 30.4 Å². The van der Waals surface area contributed by atoms with Crippen LogP contribution in [0.4, 0.5) is 0 Å². The smallest absolute Gasteiger partial charge is 0.0659 e. The molecule has 16 heavy (non-hydrogen) atoms. The van der Waals surface area contributed by atoms with Gasteiger partial charge in [0, 0.05) is 0 Å². The average molecular weight is 213 g/mol. The van der Waals surface area contributed by atoms with Crippen molar-refractivity contribution < 1.29 is 0 Å². The normalized spacial score (nSPS) is 16.1. The van der Waals surface area contributed by atoms with E-state index < -0.39 is 0 Å². The first kappa shape index (κ1) is 12.5. The molecular weight excluding hydrogens is 194 g/mol. The third kappa shape index (κ3) is 4.79. The molecule has 1 aliphatic rings. The first-order valence-corrected chi connectivity index (χ1v) is 5.97. The van der Waals surface area contributed by atoms with Gasteiger partial charge in [0.25, 0.3) is 0 Å². The number of rotatable bonds is 5. The fraction of sp³-hybridized carbons (Fsp3) is 0.400. The lowest BCUT2D eigenvalue weighted by Crippen LogP contribution is -1.98. The lowest BCUT2D eigenvalue weighted by Gasteiger charge is -2.08. The third-order valence-corrected chi connectivity index (χ3v) is 2.64. The first-order valence-electron chi connectivity index (χ1n) is 5.97. The molecule has 0 saturated heterocycles. The van der Waals surface area contributed by atoms with Crippen LogP contribution in [0.15, 0.2) is 48.1 Å². The number of nitriles is 1. The first-order chi connectivity index (χ1) is 7.86. The summed E-state index contributed by atoms with van der Waals surface area (Å²) in [6.07, 6.45) is 18.5. The Bertz CT molecular complexity index is 350. The van der Waals surface area contributed by atoms with E-state index in [1.54, 1.807) is 0 Å². The topological polar surface area (TPSA) is 23.8 Å². The van der Waals surface area contributed by atoms with E-state index in [9.17, 15) is 0 Å². The highest BCUT2D eigenvalue weighted by Gasteiger charge is 2.08. The van der Waals surface area contributed by atoms with Gasteiger partial charge in [0.2, 0.25) is 0 Å². The lowest BCUT2D eigenvalue weighted by molar-refractivity contribution is 0.564. The van der Waals surface area contributed by atoms with Gasteiger partial charge in [-0.3, -0.25) is 0 Å². The molecular formula is C15H19N. The van der Waals surface area contributed by atoms with Crippen LogP contribution < -0.4 is 0 Å². The molecule has 0 bridgehead atoms. The molecule has 0 saturated carbocycles. The van der Waals surface area contributed by atoms with Crippen molar-refractivity contribution in [2.45, 2.75) is 32.6 Å². The largest absolute Gasteiger partial charge is 0.198 e. The maximum Gasteiger partial charge on any atom is 0.0659 e. The zero-order valence-corrected chi connectivity index (χ0v) is 9.89. The van der Waals surface area contributed by atoms with Crippen molar-refractivity contribution in [3.05, 3.63) is 48.1 Å². The summed E-state index contributed by atoms with van der Waals surface area (Å²) < 4.78 is 0. The molecule has 0 fully saturated rings. The van der Waals surface area contributed by atoms with Crippen LogP contribution in [0.25, 0.3) is 0 Å². The zero-order valence-electron chi connectivity index (χ0n) is 9.89. The lowest BCUT2D eigenvalue weighted by atomic mass is 9.94. The van der Waals surface area contributed by atoms with Crippen molar-refractivity contribution in [1.29, 1.82) is 5.26 Å². The highest BCUT2D eigenvalue weighted by atomic mass is 14.3. The monoisotopic (exact) mass is 213 g/mol. The van der Waals surface area contributed by atoms with Crippen LogP contribution in [0.5, 0.6) is 0 Å². The highest BCUT2D eigenvalue weighted by Crippen LogP contribution is 2.19. The summed E-state index contributed by atoms with van der Waals surface area (Å²) in [7, 11) is 0. The predicted molar refractivity (Wildman–Crippen MR) is 68.7 cm³/mol. The molecule has 0 aliphatic heterocycles. The molecule has 1 nitrogen and oxygen atoms in total. The van der Waals surface area contributed by atoms with Crippen LogP contribution in [0.1, 0.15) is 32.6 Å². The molecule has 1 unspecified atom stereocenters. The van der Waals surface area contributed by atoms with E-state index in [4.69, 9.17) is 5.26 Å². The van der Waals surface area contributed by atoms with Crippen LogP contribution in [-0.2, 0) is 0 Å². The third-order valence-electron chi connectivity index (χ3n) is 2.64. The second kappa shape index (κ2) is 7.70. The van der Waals surface area contributed by atoms with Gasteiger partial charge in [0.05, 0.1) is 12.0 Å². The summed E-state index contributed by atoms with van der Waals surface area (Å²) in [5.41, 5.74) is 1.24. The molecule has 0 heterocycles. The van der Waals surface area contributed by atoms with Gasteiger partial charge in [-0.15, -0.1) is 0 Å². The maximum absolute atomic E-state index is 9.08. The number of hydrogen-bond donors (Lipinski definition) is 0. The summed E-state index contributed by atoms with van der Waals surface area (Å²) in [5.74, 6) is 0.160. The molecule has 84 valence electrons. The summed E-state index contributed by atoms with van der Waals surface area (Å²) in [4.78, 5) is 0. The van der Waals surface area contributed by atoms with E-state index in [0.29, 0.717) is 0 Å². The zero-order chi connectivity index (χ0) is 11.6. The molecule has 0 aromatic heterocycles. The quantitative estimate of drug-likeness (QED) is 0.667. The molecule has 0 aromatic rings. The molecule has 0 aromatic carbocycles. The van der Waals surface area contributed by atoms with Crippen LogP contribution >= 0.6 is 0 Å². The summed E-state index contributed by atoms with van der Waals surface area (Å²) in [5, 5.41) is 9.08. The van der Waals surface area contributed by atoms with Crippen LogP contribution in [0.2, 0.25) is 0 Å². The number of nitrogens with zero attached hydrogens (tertiary/aromatic N) is 1.